The van der Waals surface area contributed by atoms with Crippen LogP contribution in [-0.2, 0) is 17.9 Å². The molecule has 2 aromatic carbocycles. The number of β-amino-alcohol motifs (C(OH)–C–C–N with tert-alkyl or cyclic N) is 1. The number of halogens is 2. The molecule has 1 aliphatic heterocycles. The minimum atomic E-state index is -0.426. The maximum atomic E-state index is 10.2. The summed E-state index contributed by atoms with van der Waals surface area (Å²) in [7, 11) is 0. The minimum absolute atomic E-state index is 0. The molecule has 0 amide bonds. The third kappa shape index (κ3) is 8.60. The lowest BCUT2D eigenvalue weighted by Gasteiger charge is -2.35. The van der Waals surface area contributed by atoms with Crippen molar-refractivity contribution in [2.24, 2.45) is 0 Å². The van der Waals surface area contributed by atoms with E-state index in [0.717, 1.165) is 38.3 Å². The highest BCUT2D eigenvalue weighted by molar-refractivity contribution is 5.85. The summed E-state index contributed by atoms with van der Waals surface area (Å²) in [6.07, 6.45) is -0.426. The largest absolute Gasteiger partial charge is 0.389 e. The van der Waals surface area contributed by atoms with Crippen LogP contribution in [0.4, 0.5) is 0 Å². The number of ether oxygens (including phenoxy) is 1. The maximum absolute atomic E-state index is 10.2. The molecule has 0 aromatic heterocycles. The first-order valence-electron chi connectivity index (χ1n) is 9.08. The highest BCUT2D eigenvalue weighted by Gasteiger charge is 2.19. The van der Waals surface area contributed by atoms with Gasteiger partial charge in [-0.3, -0.25) is 9.80 Å². The molecule has 0 bridgehead atoms. The summed E-state index contributed by atoms with van der Waals surface area (Å²) < 4.78 is 5.64. The maximum Gasteiger partial charge on any atom is 0.0900 e. The highest BCUT2D eigenvalue weighted by atomic mass is 35.5. The van der Waals surface area contributed by atoms with E-state index in [1.165, 1.54) is 5.56 Å². The van der Waals surface area contributed by atoms with Crippen molar-refractivity contribution in [3.63, 3.8) is 0 Å². The van der Waals surface area contributed by atoms with E-state index in [1.807, 2.05) is 30.3 Å². The molecule has 0 spiro atoms. The third-order valence-corrected chi connectivity index (χ3v) is 4.60. The highest BCUT2D eigenvalue weighted by Crippen LogP contribution is 2.09. The van der Waals surface area contributed by atoms with Gasteiger partial charge in [0.1, 0.15) is 0 Å². The van der Waals surface area contributed by atoms with Crippen LogP contribution in [0.15, 0.2) is 60.7 Å². The molecule has 150 valence electrons. The normalized spacial score (nSPS) is 16.2. The van der Waals surface area contributed by atoms with Gasteiger partial charge in [0.05, 0.1) is 19.3 Å². The van der Waals surface area contributed by atoms with Crippen LogP contribution < -0.4 is 0 Å². The van der Waals surface area contributed by atoms with Crippen LogP contribution in [0.5, 0.6) is 0 Å². The SMILES string of the molecule is Cl.Cl.OC(COCc1ccccc1)CN1CCN(Cc2ccccc2)CC1. The van der Waals surface area contributed by atoms with E-state index in [-0.39, 0.29) is 24.8 Å². The van der Waals surface area contributed by atoms with E-state index in [1.54, 1.807) is 0 Å². The molecule has 1 saturated heterocycles. The molecular weight excluding hydrogens is 383 g/mol. The molecule has 1 unspecified atom stereocenters. The second-order valence-corrected chi connectivity index (χ2v) is 6.72. The Morgan fingerprint density at radius 2 is 1.30 bits per heavy atom. The fourth-order valence-corrected chi connectivity index (χ4v) is 3.21. The van der Waals surface area contributed by atoms with Crippen molar-refractivity contribution in [2.75, 3.05) is 39.3 Å². The van der Waals surface area contributed by atoms with Crippen LogP contribution in [0.1, 0.15) is 11.1 Å². The standard InChI is InChI=1S/C21H28N2O2.2ClH/c24-21(18-25-17-20-9-5-2-6-10-20)16-23-13-11-22(12-14-23)15-19-7-3-1-4-8-19;;/h1-10,21,24H,11-18H2;2*1H. The van der Waals surface area contributed by atoms with Crippen molar-refractivity contribution in [1.82, 2.24) is 9.80 Å². The Bertz CT molecular complexity index is 608. The van der Waals surface area contributed by atoms with E-state index in [9.17, 15) is 5.11 Å². The number of aliphatic hydroxyl groups excluding tert-OH is 1. The number of piperazine rings is 1. The Kier molecular flexibility index (Phi) is 11.6. The van der Waals surface area contributed by atoms with Crippen LogP contribution in [0.3, 0.4) is 0 Å². The summed E-state index contributed by atoms with van der Waals surface area (Å²) in [5.41, 5.74) is 2.51. The Morgan fingerprint density at radius 3 is 1.89 bits per heavy atom. The lowest BCUT2D eigenvalue weighted by atomic mass is 10.2. The predicted octanol–water partition coefficient (Wildman–Crippen LogP) is 3.23. The van der Waals surface area contributed by atoms with E-state index in [0.29, 0.717) is 19.8 Å². The Hall–Kier alpha value is -1.14. The number of rotatable bonds is 8. The lowest BCUT2D eigenvalue weighted by Crippen LogP contribution is -2.48. The predicted molar refractivity (Wildman–Crippen MR) is 115 cm³/mol. The number of hydrogen-bond acceptors (Lipinski definition) is 4. The van der Waals surface area contributed by atoms with Crippen LogP contribution in [0, 0.1) is 0 Å². The molecule has 0 radical (unpaired) electrons. The van der Waals surface area contributed by atoms with Gasteiger partial charge in [0.2, 0.25) is 0 Å². The molecule has 3 rings (SSSR count). The molecular formula is C21H30Cl2N2O2. The van der Waals surface area contributed by atoms with Gasteiger partial charge in [-0.05, 0) is 11.1 Å². The molecule has 4 nitrogen and oxygen atoms in total. The molecule has 27 heavy (non-hydrogen) atoms. The number of aliphatic hydroxyl groups is 1. The summed E-state index contributed by atoms with van der Waals surface area (Å²) in [6.45, 7) is 6.75. The summed E-state index contributed by atoms with van der Waals surface area (Å²) in [6, 6.07) is 20.7. The van der Waals surface area contributed by atoms with Crippen LogP contribution in [0.25, 0.3) is 0 Å². The Morgan fingerprint density at radius 1 is 0.778 bits per heavy atom. The van der Waals surface area contributed by atoms with Crippen molar-refractivity contribution < 1.29 is 9.84 Å². The molecule has 1 aliphatic rings. The quantitative estimate of drug-likeness (QED) is 0.721. The minimum Gasteiger partial charge on any atom is -0.389 e. The van der Waals surface area contributed by atoms with Gasteiger partial charge in [0.15, 0.2) is 0 Å². The fraction of sp³-hybridized carbons (Fsp3) is 0.429. The molecule has 1 atom stereocenters. The van der Waals surface area contributed by atoms with Crippen LogP contribution >= 0.6 is 24.8 Å². The van der Waals surface area contributed by atoms with Gasteiger partial charge in [-0.15, -0.1) is 24.8 Å². The molecule has 1 N–H and O–H groups in total. The van der Waals surface area contributed by atoms with Gasteiger partial charge in [-0.2, -0.15) is 0 Å². The number of nitrogens with zero attached hydrogens (tertiary/aromatic N) is 2. The van der Waals surface area contributed by atoms with Gasteiger partial charge in [0, 0.05) is 39.3 Å². The summed E-state index contributed by atoms with van der Waals surface area (Å²) in [4.78, 5) is 4.81. The fourth-order valence-electron chi connectivity index (χ4n) is 3.21. The number of hydrogen-bond donors (Lipinski definition) is 1. The zero-order chi connectivity index (χ0) is 17.3. The van der Waals surface area contributed by atoms with E-state index < -0.39 is 6.10 Å². The lowest BCUT2D eigenvalue weighted by molar-refractivity contribution is 0.000878. The van der Waals surface area contributed by atoms with Crippen molar-refractivity contribution in [3.05, 3.63) is 71.8 Å². The second-order valence-electron chi connectivity index (χ2n) is 6.72. The monoisotopic (exact) mass is 412 g/mol. The van der Waals surface area contributed by atoms with Crippen LogP contribution in [0.2, 0.25) is 0 Å². The first-order valence-corrected chi connectivity index (χ1v) is 9.08. The zero-order valence-corrected chi connectivity index (χ0v) is 17.2. The third-order valence-electron chi connectivity index (χ3n) is 4.60. The van der Waals surface area contributed by atoms with Crippen molar-refractivity contribution >= 4 is 24.8 Å². The van der Waals surface area contributed by atoms with Gasteiger partial charge >= 0.3 is 0 Å². The van der Waals surface area contributed by atoms with E-state index in [2.05, 4.69) is 40.1 Å². The molecule has 1 heterocycles. The smallest absolute Gasteiger partial charge is 0.0900 e. The molecule has 0 saturated carbocycles. The summed E-state index contributed by atoms with van der Waals surface area (Å²) in [5, 5.41) is 10.2. The Balaban J connectivity index is 0.00000182. The van der Waals surface area contributed by atoms with Crippen LogP contribution in [-0.4, -0.2) is 60.3 Å². The molecule has 6 heteroatoms. The topological polar surface area (TPSA) is 35.9 Å². The van der Waals surface area contributed by atoms with Crippen molar-refractivity contribution in [2.45, 2.75) is 19.3 Å². The summed E-state index contributed by atoms with van der Waals surface area (Å²) in [5.74, 6) is 0. The second kappa shape index (κ2) is 13.1. The van der Waals surface area contributed by atoms with Gasteiger partial charge in [-0.25, -0.2) is 0 Å². The van der Waals surface area contributed by atoms with Crippen molar-refractivity contribution in [3.8, 4) is 0 Å². The first-order chi connectivity index (χ1) is 12.3. The van der Waals surface area contributed by atoms with Gasteiger partial charge in [0.25, 0.3) is 0 Å². The average Bonchev–Trinajstić information content (AvgIpc) is 2.65. The average molecular weight is 413 g/mol. The molecule has 1 fully saturated rings. The zero-order valence-electron chi connectivity index (χ0n) is 15.6. The van der Waals surface area contributed by atoms with E-state index >= 15 is 0 Å². The number of benzene rings is 2. The van der Waals surface area contributed by atoms with Gasteiger partial charge in [-0.1, -0.05) is 60.7 Å². The molecule has 2 aromatic rings. The van der Waals surface area contributed by atoms with Gasteiger partial charge < -0.3 is 9.84 Å². The Labute approximate surface area is 175 Å². The molecule has 0 aliphatic carbocycles. The first kappa shape index (κ1) is 23.9. The summed E-state index contributed by atoms with van der Waals surface area (Å²) >= 11 is 0. The van der Waals surface area contributed by atoms with E-state index in [4.69, 9.17) is 4.74 Å². The van der Waals surface area contributed by atoms with Crippen molar-refractivity contribution in [1.29, 1.82) is 0 Å².